The van der Waals surface area contributed by atoms with Crippen LogP contribution in [0.1, 0.15) is 44.6 Å². The summed E-state index contributed by atoms with van der Waals surface area (Å²) in [4.78, 5) is 57.6. The number of H-pyrrole nitrogens is 1. The molecule has 2 atom stereocenters. The second-order valence-corrected chi connectivity index (χ2v) is 9.61. The zero-order chi connectivity index (χ0) is 25.7. The Hall–Kier alpha value is -3.56. The molecule has 4 rings (SSSR count). The number of carbonyl (C=O) groups excluding carboxylic acids is 4. The van der Waals surface area contributed by atoms with E-state index in [9.17, 15) is 19.2 Å². The van der Waals surface area contributed by atoms with Crippen molar-refractivity contribution in [2.75, 3.05) is 26.7 Å². The van der Waals surface area contributed by atoms with Crippen LogP contribution in [0.2, 0.25) is 0 Å². The van der Waals surface area contributed by atoms with E-state index in [2.05, 4.69) is 15.6 Å². The Labute approximate surface area is 210 Å². The molecule has 2 aliphatic rings. The van der Waals surface area contributed by atoms with E-state index >= 15 is 0 Å². The standard InChI is InChI=1S/C26H35N5O5/c1-17(32)30-12-13-31(26(35)28-19-8-4-3-5-9-19)23(16-30)24(33)29-22(25(34)36-2)14-18-15-27-21-11-7-6-10-20(18)21/h6-7,10-11,15,19,22-23,27H,3-5,8-9,12-14,16H2,1-2H3,(H,28,35)(H,29,33)/t22-,23+/m1/s1. The molecule has 10 nitrogen and oxygen atoms in total. The summed E-state index contributed by atoms with van der Waals surface area (Å²) in [6, 6.07) is 5.62. The Balaban J connectivity index is 1.51. The summed E-state index contributed by atoms with van der Waals surface area (Å²) in [5, 5.41) is 6.82. The molecule has 3 N–H and O–H groups in total. The third-order valence-electron chi connectivity index (χ3n) is 7.22. The molecule has 0 spiro atoms. The van der Waals surface area contributed by atoms with Gasteiger partial charge in [-0.05, 0) is 24.5 Å². The van der Waals surface area contributed by atoms with E-state index in [-0.39, 0.29) is 37.5 Å². The lowest BCUT2D eigenvalue weighted by atomic mass is 9.95. The van der Waals surface area contributed by atoms with Crippen molar-refractivity contribution in [1.82, 2.24) is 25.4 Å². The Kier molecular flexibility index (Phi) is 8.12. The quantitative estimate of drug-likeness (QED) is 0.527. The average molecular weight is 498 g/mol. The molecule has 10 heteroatoms. The monoisotopic (exact) mass is 497 g/mol. The molecule has 0 radical (unpaired) electrons. The highest BCUT2D eigenvalue weighted by atomic mass is 16.5. The van der Waals surface area contributed by atoms with Gasteiger partial charge in [-0.1, -0.05) is 37.5 Å². The number of urea groups is 1. The molecule has 194 valence electrons. The topological polar surface area (TPSA) is 124 Å². The number of hydrogen-bond donors (Lipinski definition) is 3. The fourth-order valence-corrected chi connectivity index (χ4v) is 5.16. The second-order valence-electron chi connectivity index (χ2n) is 9.61. The molecule has 4 amide bonds. The van der Waals surface area contributed by atoms with E-state index in [4.69, 9.17) is 4.74 Å². The summed E-state index contributed by atoms with van der Waals surface area (Å²) in [7, 11) is 1.28. The molecule has 2 aromatic rings. The Morgan fingerprint density at radius 2 is 1.86 bits per heavy atom. The number of rotatable bonds is 6. The first-order valence-electron chi connectivity index (χ1n) is 12.6. The van der Waals surface area contributed by atoms with Crippen LogP contribution < -0.4 is 10.6 Å². The molecule has 0 unspecified atom stereocenters. The molecule has 36 heavy (non-hydrogen) atoms. The Bertz CT molecular complexity index is 1110. The third kappa shape index (κ3) is 5.80. The average Bonchev–Trinajstić information content (AvgIpc) is 3.30. The van der Waals surface area contributed by atoms with Crippen LogP contribution in [0.25, 0.3) is 10.9 Å². The molecule has 1 saturated carbocycles. The molecule has 1 aromatic heterocycles. The minimum Gasteiger partial charge on any atom is -0.467 e. The fourth-order valence-electron chi connectivity index (χ4n) is 5.16. The molecule has 1 saturated heterocycles. The molecular weight excluding hydrogens is 462 g/mol. The first-order chi connectivity index (χ1) is 17.4. The first kappa shape index (κ1) is 25.5. The van der Waals surface area contributed by atoms with E-state index in [0.717, 1.165) is 42.1 Å². The number of benzene rings is 1. The Morgan fingerprint density at radius 3 is 2.58 bits per heavy atom. The fraction of sp³-hybridized carbons (Fsp3) is 0.538. The van der Waals surface area contributed by atoms with Crippen LogP contribution in [0, 0.1) is 0 Å². The maximum atomic E-state index is 13.5. The van der Waals surface area contributed by atoms with E-state index in [1.165, 1.54) is 25.4 Å². The lowest BCUT2D eigenvalue weighted by Crippen LogP contribution is -2.64. The smallest absolute Gasteiger partial charge is 0.328 e. The molecule has 2 heterocycles. The number of para-hydroxylation sites is 1. The first-order valence-corrected chi connectivity index (χ1v) is 12.6. The molecule has 1 aromatic carbocycles. The minimum atomic E-state index is -0.947. The van der Waals surface area contributed by atoms with Gasteiger partial charge in [-0.2, -0.15) is 0 Å². The van der Waals surface area contributed by atoms with E-state index in [1.807, 2.05) is 30.5 Å². The van der Waals surface area contributed by atoms with Crippen LogP contribution in [0.5, 0.6) is 0 Å². The maximum Gasteiger partial charge on any atom is 0.328 e. The van der Waals surface area contributed by atoms with Gasteiger partial charge in [-0.3, -0.25) is 9.59 Å². The molecular formula is C26H35N5O5. The van der Waals surface area contributed by atoms with Crippen molar-refractivity contribution in [3.63, 3.8) is 0 Å². The van der Waals surface area contributed by atoms with E-state index in [1.54, 1.807) is 4.90 Å². The van der Waals surface area contributed by atoms with Gasteiger partial charge < -0.3 is 30.2 Å². The number of aromatic amines is 1. The van der Waals surface area contributed by atoms with Gasteiger partial charge in [-0.15, -0.1) is 0 Å². The van der Waals surface area contributed by atoms with Crippen molar-refractivity contribution < 1.29 is 23.9 Å². The number of methoxy groups -OCH3 is 1. The van der Waals surface area contributed by atoms with Gasteiger partial charge in [-0.25, -0.2) is 9.59 Å². The highest BCUT2D eigenvalue weighted by Crippen LogP contribution is 2.21. The number of nitrogens with one attached hydrogen (secondary N) is 3. The SMILES string of the molecule is COC(=O)[C@@H](Cc1c[nH]c2ccccc12)NC(=O)[C@@H]1CN(C(C)=O)CCN1C(=O)NC1CCCCC1. The third-order valence-corrected chi connectivity index (χ3v) is 7.22. The lowest BCUT2D eigenvalue weighted by Gasteiger charge is -2.41. The number of aromatic nitrogens is 1. The number of nitrogens with zero attached hydrogens (tertiary/aromatic N) is 2. The number of piperazine rings is 1. The van der Waals surface area contributed by atoms with Gasteiger partial charge in [0.2, 0.25) is 11.8 Å². The van der Waals surface area contributed by atoms with Crippen LogP contribution in [-0.2, 0) is 25.5 Å². The highest BCUT2D eigenvalue weighted by molar-refractivity contribution is 5.92. The van der Waals surface area contributed by atoms with Crippen LogP contribution in [0.3, 0.4) is 0 Å². The van der Waals surface area contributed by atoms with Crippen LogP contribution in [-0.4, -0.2) is 83.5 Å². The lowest BCUT2D eigenvalue weighted by molar-refractivity contribution is -0.146. The molecule has 0 bridgehead atoms. The van der Waals surface area contributed by atoms with Crippen molar-refractivity contribution >= 4 is 34.7 Å². The van der Waals surface area contributed by atoms with Crippen LogP contribution in [0.4, 0.5) is 4.79 Å². The highest BCUT2D eigenvalue weighted by Gasteiger charge is 2.38. The van der Waals surface area contributed by atoms with Crippen molar-refractivity contribution in [3.8, 4) is 0 Å². The number of hydrogen-bond acceptors (Lipinski definition) is 5. The van der Waals surface area contributed by atoms with Gasteiger partial charge >= 0.3 is 12.0 Å². The van der Waals surface area contributed by atoms with Crippen LogP contribution >= 0.6 is 0 Å². The van der Waals surface area contributed by atoms with Gasteiger partial charge in [0, 0.05) is 49.6 Å². The van der Waals surface area contributed by atoms with Crippen LogP contribution in [0.15, 0.2) is 30.5 Å². The normalized spacial score (nSPS) is 19.6. The van der Waals surface area contributed by atoms with Crippen molar-refractivity contribution in [2.24, 2.45) is 0 Å². The maximum absolute atomic E-state index is 13.5. The minimum absolute atomic E-state index is 0.0697. The summed E-state index contributed by atoms with van der Waals surface area (Å²) in [6.07, 6.45) is 7.19. The number of esters is 1. The summed E-state index contributed by atoms with van der Waals surface area (Å²) in [5.41, 5.74) is 1.79. The summed E-state index contributed by atoms with van der Waals surface area (Å²) in [5.74, 6) is -1.23. The number of amides is 4. The zero-order valence-electron chi connectivity index (χ0n) is 20.9. The number of fused-ring (bicyclic) bond motifs is 1. The molecule has 1 aliphatic heterocycles. The number of carbonyl (C=O) groups is 4. The summed E-state index contributed by atoms with van der Waals surface area (Å²) < 4.78 is 4.97. The largest absolute Gasteiger partial charge is 0.467 e. The zero-order valence-corrected chi connectivity index (χ0v) is 20.9. The second kappa shape index (κ2) is 11.5. The number of ether oxygens (including phenoxy) is 1. The van der Waals surface area contributed by atoms with Crippen molar-refractivity contribution in [1.29, 1.82) is 0 Å². The predicted octanol–water partition coefficient (Wildman–Crippen LogP) is 1.94. The van der Waals surface area contributed by atoms with E-state index < -0.39 is 24.0 Å². The van der Waals surface area contributed by atoms with Gasteiger partial charge in [0.05, 0.1) is 13.7 Å². The predicted molar refractivity (Wildman–Crippen MR) is 134 cm³/mol. The summed E-state index contributed by atoms with van der Waals surface area (Å²) in [6.45, 7) is 2.11. The Morgan fingerprint density at radius 1 is 1.11 bits per heavy atom. The van der Waals surface area contributed by atoms with Gasteiger partial charge in [0.1, 0.15) is 12.1 Å². The van der Waals surface area contributed by atoms with Crippen molar-refractivity contribution in [3.05, 3.63) is 36.0 Å². The molecule has 1 aliphatic carbocycles. The van der Waals surface area contributed by atoms with Gasteiger partial charge in [0.15, 0.2) is 0 Å². The summed E-state index contributed by atoms with van der Waals surface area (Å²) >= 11 is 0. The van der Waals surface area contributed by atoms with Crippen molar-refractivity contribution in [2.45, 2.75) is 63.6 Å². The van der Waals surface area contributed by atoms with E-state index in [0.29, 0.717) is 6.54 Å². The van der Waals surface area contributed by atoms with Gasteiger partial charge in [0.25, 0.3) is 0 Å². The molecule has 2 fully saturated rings.